The number of phenols is 1. The molecule has 0 amide bonds. The summed E-state index contributed by atoms with van der Waals surface area (Å²) >= 11 is 0. The van der Waals surface area contributed by atoms with Crippen LogP contribution in [0, 0.1) is 12.8 Å². The van der Waals surface area contributed by atoms with E-state index in [1.807, 2.05) is 13.0 Å². The van der Waals surface area contributed by atoms with E-state index in [1.54, 1.807) is 0 Å². The molecule has 0 unspecified atom stereocenters. The van der Waals surface area contributed by atoms with E-state index in [-0.39, 0.29) is 0 Å². The molecule has 0 aliphatic carbocycles. The Labute approximate surface area is 141 Å². The van der Waals surface area contributed by atoms with Crippen LogP contribution in [0.4, 0.5) is 0 Å². The van der Waals surface area contributed by atoms with Crippen molar-refractivity contribution in [2.24, 2.45) is 5.92 Å². The third kappa shape index (κ3) is 4.31. The zero-order valence-corrected chi connectivity index (χ0v) is 15.4. The SMILES string of the molecule is CCC[C@@H](C)c1c(O)cc(C)c2c1C[C@H](CCC=C(C)C)CO2. The molecule has 1 aromatic carbocycles. The monoisotopic (exact) mass is 316 g/mol. The average molecular weight is 316 g/mol. The minimum absolute atomic E-state index is 0.384. The number of aromatic hydroxyl groups is 1. The molecule has 0 saturated heterocycles. The van der Waals surface area contributed by atoms with Crippen LogP contribution in [-0.2, 0) is 6.42 Å². The minimum Gasteiger partial charge on any atom is -0.508 e. The number of rotatable bonds is 6. The zero-order valence-electron chi connectivity index (χ0n) is 15.4. The third-order valence-corrected chi connectivity index (χ3v) is 4.88. The molecule has 1 aromatic rings. The maximum absolute atomic E-state index is 10.5. The van der Waals surface area contributed by atoms with Crippen LogP contribution in [0.15, 0.2) is 17.7 Å². The molecule has 2 rings (SSSR count). The Kier molecular flexibility index (Phi) is 6.15. The van der Waals surface area contributed by atoms with Crippen molar-refractivity contribution in [1.29, 1.82) is 0 Å². The van der Waals surface area contributed by atoms with Gasteiger partial charge in [0.05, 0.1) is 6.61 Å². The number of hydrogen-bond donors (Lipinski definition) is 1. The predicted octanol–water partition coefficient (Wildman–Crippen LogP) is 5.90. The molecule has 2 heteroatoms. The zero-order chi connectivity index (χ0) is 17.0. The van der Waals surface area contributed by atoms with Gasteiger partial charge >= 0.3 is 0 Å². The lowest BCUT2D eigenvalue weighted by molar-refractivity contribution is 0.211. The summed E-state index contributed by atoms with van der Waals surface area (Å²) in [5.41, 5.74) is 4.83. The summed E-state index contributed by atoms with van der Waals surface area (Å²) in [6.07, 6.45) is 7.85. The number of benzene rings is 1. The number of allylic oxidation sites excluding steroid dienone is 2. The Morgan fingerprint density at radius 1 is 1.43 bits per heavy atom. The smallest absolute Gasteiger partial charge is 0.125 e. The Morgan fingerprint density at radius 3 is 2.83 bits per heavy atom. The Morgan fingerprint density at radius 2 is 2.17 bits per heavy atom. The van der Waals surface area contributed by atoms with Crippen molar-refractivity contribution in [3.05, 3.63) is 34.4 Å². The Hall–Kier alpha value is -1.44. The molecule has 0 fully saturated rings. The van der Waals surface area contributed by atoms with Gasteiger partial charge in [0.1, 0.15) is 11.5 Å². The largest absolute Gasteiger partial charge is 0.508 e. The number of ether oxygens (including phenoxy) is 1. The quantitative estimate of drug-likeness (QED) is 0.662. The van der Waals surface area contributed by atoms with E-state index in [0.29, 0.717) is 17.6 Å². The number of fused-ring (bicyclic) bond motifs is 1. The van der Waals surface area contributed by atoms with Gasteiger partial charge in [0.2, 0.25) is 0 Å². The number of phenolic OH excluding ortho intramolecular Hbond substituents is 1. The van der Waals surface area contributed by atoms with Crippen molar-refractivity contribution in [2.45, 2.75) is 72.6 Å². The van der Waals surface area contributed by atoms with Crippen molar-refractivity contribution in [3.8, 4) is 11.5 Å². The van der Waals surface area contributed by atoms with Crippen LogP contribution in [0.25, 0.3) is 0 Å². The van der Waals surface area contributed by atoms with E-state index in [4.69, 9.17) is 4.74 Å². The highest BCUT2D eigenvalue weighted by Gasteiger charge is 2.27. The molecule has 0 radical (unpaired) electrons. The third-order valence-electron chi connectivity index (χ3n) is 4.88. The summed E-state index contributed by atoms with van der Waals surface area (Å²) in [5.74, 6) is 2.41. The second-order valence-corrected chi connectivity index (χ2v) is 7.36. The van der Waals surface area contributed by atoms with Gasteiger partial charge < -0.3 is 9.84 Å². The second kappa shape index (κ2) is 7.90. The van der Waals surface area contributed by atoms with Crippen LogP contribution >= 0.6 is 0 Å². The predicted molar refractivity (Wildman–Crippen MR) is 97.5 cm³/mol. The normalized spacial score (nSPS) is 18.0. The van der Waals surface area contributed by atoms with E-state index in [2.05, 4.69) is 33.8 Å². The first-order valence-corrected chi connectivity index (χ1v) is 9.05. The van der Waals surface area contributed by atoms with Crippen molar-refractivity contribution < 1.29 is 9.84 Å². The van der Waals surface area contributed by atoms with Crippen LogP contribution < -0.4 is 4.74 Å². The molecule has 1 N–H and O–H groups in total. The van der Waals surface area contributed by atoms with Crippen LogP contribution in [0.5, 0.6) is 11.5 Å². The van der Waals surface area contributed by atoms with Gasteiger partial charge in [-0.15, -0.1) is 0 Å². The van der Waals surface area contributed by atoms with Gasteiger partial charge in [-0.1, -0.05) is 31.9 Å². The molecule has 2 atom stereocenters. The molecule has 1 heterocycles. The Bertz CT molecular complexity index is 568. The van der Waals surface area contributed by atoms with Crippen LogP contribution in [-0.4, -0.2) is 11.7 Å². The van der Waals surface area contributed by atoms with Gasteiger partial charge in [-0.2, -0.15) is 0 Å². The average Bonchev–Trinajstić information content (AvgIpc) is 2.46. The summed E-state index contributed by atoms with van der Waals surface area (Å²) in [6.45, 7) is 11.6. The Balaban J connectivity index is 2.26. The van der Waals surface area contributed by atoms with Gasteiger partial charge in [0, 0.05) is 11.1 Å². The highest BCUT2D eigenvalue weighted by atomic mass is 16.5. The lowest BCUT2D eigenvalue weighted by Gasteiger charge is -2.30. The summed E-state index contributed by atoms with van der Waals surface area (Å²) in [4.78, 5) is 0. The summed E-state index contributed by atoms with van der Waals surface area (Å²) in [5, 5.41) is 10.5. The van der Waals surface area contributed by atoms with E-state index < -0.39 is 0 Å². The van der Waals surface area contributed by atoms with E-state index >= 15 is 0 Å². The molecule has 0 aromatic heterocycles. The van der Waals surface area contributed by atoms with Gasteiger partial charge in [0.25, 0.3) is 0 Å². The van der Waals surface area contributed by atoms with Crippen molar-refractivity contribution in [1.82, 2.24) is 0 Å². The molecule has 23 heavy (non-hydrogen) atoms. The molecule has 128 valence electrons. The standard InChI is InChI=1S/C21H32O2/c1-6-8-15(4)20-18-12-17(10-7-9-14(2)3)13-23-21(18)16(5)11-19(20)22/h9,11,15,17,22H,6-8,10,12-13H2,1-5H3/t15-,17+/m1/s1. The van der Waals surface area contributed by atoms with Crippen LogP contribution in [0.1, 0.15) is 76.0 Å². The summed E-state index contributed by atoms with van der Waals surface area (Å²) < 4.78 is 6.12. The molecular formula is C21H32O2. The summed E-state index contributed by atoms with van der Waals surface area (Å²) in [7, 11) is 0. The number of hydrogen-bond acceptors (Lipinski definition) is 2. The first-order chi connectivity index (χ1) is 10.9. The highest BCUT2D eigenvalue weighted by Crippen LogP contribution is 2.43. The molecular weight excluding hydrogens is 284 g/mol. The molecule has 1 aliphatic heterocycles. The molecule has 0 saturated carbocycles. The van der Waals surface area contributed by atoms with E-state index in [1.165, 1.54) is 11.1 Å². The topological polar surface area (TPSA) is 29.5 Å². The van der Waals surface area contributed by atoms with Gasteiger partial charge in [-0.25, -0.2) is 0 Å². The highest BCUT2D eigenvalue weighted by molar-refractivity contribution is 5.55. The number of aryl methyl sites for hydroxylation is 1. The van der Waals surface area contributed by atoms with E-state index in [9.17, 15) is 5.11 Å². The maximum Gasteiger partial charge on any atom is 0.125 e. The lowest BCUT2D eigenvalue weighted by Crippen LogP contribution is -2.23. The first-order valence-electron chi connectivity index (χ1n) is 9.05. The second-order valence-electron chi connectivity index (χ2n) is 7.36. The van der Waals surface area contributed by atoms with Crippen LogP contribution in [0.2, 0.25) is 0 Å². The maximum atomic E-state index is 10.5. The van der Waals surface area contributed by atoms with E-state index in [0.717, 1.165) is 55.6 Å². The van der Waals surface area contributed by atoms with Gasteiger partial charge in [-0.3, -0.25) is 0 Å². The fraction of sp³-hybridized carbons (Fsp3) is 0.619. The molecule has 1 aliphatic rings. The summed E-state index contributed by atoms with van der Waals surface area (Å²) in [6, 6.07) is 1.88. The van der Waals surface area contributed by atoms with Crippen LogP contribution in [0.3, 0.4) is 0 Å². The van der Waals surface area contributed by atoms with Crippen molar-refractivity contribution in [3.63, 3.8) is 0 Å². The fourth-order valence-corrected chi connectivity index (χ4v) is 3.74. The van der Waals surface area contributed by atoms with Gasteiger partial charge in [-0.05, 0) is 69.9 Å². The van der Waals surface area contributed by atoms with Crippen molar-refractivity contribution in [2.75, 3.05) is 6.61 Å². The molecule has 0 bridgehead atoms. The minimum atomic E-state index is 0.384. The lowest BCUT2D eigenvalue weighted by atomic mass is 9.83. The van der Waals surface area contributed by atoms with Crippen molar-refractivity contribution >= 4 is 0 Å². The molecule has 0 spiro atoms. The molecule has 2 nitrogen and oxygen atoms in total. The first kappa shape index (κ1) is 17.9. The van der Waals surface area contributed by atoms with Gasteiger partial charge in [0.15, 0.2) is 0 Å². The fourth-order valence-electron chi connectivity index (χ4n) is 3.74.